The van der Waals surface area contributed by atoms with Crippen LogP contribution in [0.5, 0.6) is 5.75 Å². The number of rotatable bonds is 10. The molecule has 8 nitrogen and oxygen atoms in total. The molecular weight excluding hydrogens is 520 g/mol. The molecule has 0 bridgehead atoms. The lowest BCUT2D eigenvalue weighted by atomic mass is 10.2. The number of nitrogens with zero attached hydrogens (tertiary/aromatic N) is 4. The van der Waals surface area contributed by atoms with Crippen molar-refractivity contribution in [1.82, 2.24) is 14.9 Å². The molecule has 9 heteroatoms. The Morgan fingerprint density at radius 2 is 1.62 bits per heavy atom. The number of aryl methyl sites for hydroxylation is 1. The van der Waals surface area contributed by atoms with Gasteiger partial charge in [0, 0.05) is 61.4 Å². The second-order valence-corrected chi connectivity index (χ2v) is 10.6. The maximum Gasteiger partial charge on any atom is 0.323 e. The molecule has 2 N–H and O–H groups in total. The molecule has 2 amide bonds. The molecule has 5 rings (SSSR count). The highest BCUT2D eigenvalue weighted by molar-refractivity contribution is 7.99. The van der Waals surface area contributed by atoms with E-state index in [4.69, 9.17) is 4.74 Å². The molecule has 0 radical (unpaired) electrons. The van der Waals surface area contributed by atoms with Crippen LogP contribution in [0, 0.1) is 6.92 Å². The second kappa shape index (κ2) is 13.8. The van der Waals surface area contributed by atoms with Crippen molar-refractivity contribution >= 4 is 34.9 Å². The first-order valence-corrected chi connectivity index (χ1v) is 14.3. The summed E-state index contributed by atoms with van der Waals surface area (Å²) in [5.41, 5.74) is 3.62. The Bertz CT molecular complexity index is 1360. The number of para-hydroxylation sites is 2. The van der Waals surface area contributed by atoms with Crippen molar-refractivity contribution < 1.29 is 9.53 Å². The van der Waals surface area contributed by atoms with Gasteiger partial charge in [-0.3, -0.25) is 4.90 Å². The highest BCUT2D eigenvalue weighted by Gasteiger charge is 2.17. The van der Waals surface area contributed by atoms with Gasteiger partial charge in [0.1, 0.15) is 5.75 Å². The van der Waals surface area contributed by atoms with Crippen molar-refractivity contribution in [3.05, 3.63) is 96.8 Å². The van der Waals surface area contributed by atoms with Crippen molar-refractivity contribution in [1.29, 1.82) is 0 Å². The van der Waals surface area contributed by atoms with Crippen LogP contribution in [-0.2, 0) is 0 Å². The molecule has 4 aromatic rings. The molecular formula is C31H34N6O2S. The van der Waals surface area contributed by atoms with Crippen LogP contribution in [0.3, 0.4) is 0 Å². The third-order valence-electron chi connectivity index (χ3n) is 6.71. The number of aromatic nitrogens is 2. The van der Waals surface area contributed by atoms with Crippen LogP contribution in [-0.4, -0.2) is 60.2 Å². The first kappa shape index (κ1) is 27.5. The van der Waals surface area contributed by atoms with Crippen LogP contribution < -0.4 is 20.3 Å². The van der Waals surface area contributed by atoms with Crippen molar-refractivity contribution in [2.45, 2.75) is 23.4 Å². The Labute approximate surface area is 239 Å². The summed E-state index contributed by atoms with van der Waals surface area (Å²) >= 11 is 1.47. The standard InChI is InChI=1S/C31H34N6O2S/c1-24-8-5-11-28(39-23-7-18-36-19-21-37(22-20-36)26-9-3-2-4-10-26)29(24)35-30(38)34-25-12-14-27(15-13-25)40-31-32-16-6-17-33-31/h2-6,8-17H,7,18-23H2,1H3,(H2,34,35,38). The fourth-order valence-corrected chi connectivity index (χ4v) is 5.30. The number of urea groups is 1. The zero-order valence-electron chi connectivity index (χ0n) is 22.6. The van der Waals surface area contributed by atoms with E-state index >= 15 is 0 Å². The number of hydrogen-bond acceptors (Lipinski definition) is 7. The number of carbonyl (C=O) groups is 1. The van der Waals surface area contributed by atoms with Gasteiger partial charge in [0.05, 0.1) is 12.3 Å². The Kier molecular flexibility index (Phi) is 9.50. The van der Waals surface area contributed by atoms with Crippen molar-refractivity contribution in [3.63, 3.8) is 0 Å². The maximum atomic E-state index is 12.8. The second-order valence-electron chi connectivity index (χ2n) is 9.55. The van der Waals surface area contributed by atoms with Gasteiger partial charge in [-0.25, -0.2) is 14.8 Å². The van der Waals surface area contributed by atoms with Crippen LogP contribution in [0.15, 0.2) is 101 Å². The van der Waals surface area contributed by atoms with Gasteiger partial charge in [0.25, 0.3) is 0 Å². The molecule has 3 aromatic carbocycles. The summed E-state index contributed by atoms with van der Waals surface area (Å²) in [7, 11) is 0. The van der Waals surface area contributed by atoms with Crippen LogP contribution in [0.25, 0.3) is 0 Å². The third kappa shape index (κ3) is 7.74. The average molecular weight is 555 g/mol. The highest BCUT2D eigenvalue weighted by atomic mass is 32.2. The Morgan fingerprint density at radius 3 is 2.38 bits per heavy atom. The lowest BCUT2D eigenvalue weighted by Gasteiger charge is -2.36. The molecule has 0 atom stereocenters. The molecule has 1 saturated heterocycles. The SMILES string of the molecule is Cc1cccc(OCCCN2CCN(c3ccccc3)CC2)c1NC(=O)Nc1ccc(Sc2ncccn2)cc1. The van der Waals surface area contributed by atoms with Gasteiger partial charge in [-0.1, -0.05) is 30.3 Å². The minimum atomic E-state index is -0.317. The highest BCUT2D eigenvalue weighted by Crippen LogP contribution is 2.29. The Hall–Kier alpha value is -4.08. The monoisotopic (exact) mass is 554 g/mol. The van der Waals surface area contributed by atoms with Crippen LogP contribution in [0.4, 0.5) is 21.9 Å². The van der Waals surface area contributed by atoms with E-state index in [9.17, 15) is 4.79 Å². The number of piperazine rings is 1. The number of ether oxygens (including phenoxy) is 1. The van der Waals surface area contributed by atoms with Gasteiger partial charge in [-0.05, 0) is 79.2 Å². The zero-order chi connectivity index (χ0) is 27.6. The summed E-state index contributed by atoms with van der Waals surface area (Å²) in [5.74, 6) is 0.679. The fourth-order valence-electron chi connectivity index (χ4n) is 4.59. The minimum Gasteiger partial charge on any atom is -0.491 e. The van der Waals surface area contributed by atoms with E-state index in [1.165, 1.54) is 17.4 Å². The molecule has 0 spiro atoms. The molecule has 0 saturated carbocycles. The van der Waals surface area contributed by atoms with Gasteiger partial charge in [-0.15, -0.1) is 0 Å². The lowest BCUT2D eigenvalue weighted by molar-refractivity contribution is 0.225. The molecule has 40 heavy (non-hydrogen) atoms. The fraction of sp³-hybridized carbons (Fsp3) is 0.258. The van der Waals surface area contributed by atoms with Gasteiger partial charge in [0.15, 0.2) is 5.16 Å². The predicted molar refractivity (Wildman–Crippen MR) is 162 cm³/mol. The largest absolute Gasteiger partial charge is 0.491 e. The Balaban J connectivity index is 1.07. The van der Waals surface area contributed by atoms with Crippen LogP contribution in [0.1, 0.15) is 12.0 Å². The van der Waals surface area contributed by atoms with Gasteiger partial charge < -0.3 is 20.3 Å². The summed E-state index contributed by atoms with van der Waals surface area (Å²) in [4.78, 5) is 27.2. The number of carbonyl (C=O) groups excluding carboxylic acids is 1. The lowest BCUT2D eigenvalue weighted by Crippen LogP contribution is -2.46. The summed E-state index contributed by atoms with van der Waals surface area (Å²) in [6.07, 6.45) is 4.35. The molecule has 206 valence electrons. The van der Waals surface area contributed by atoms with Crippen molar-refractivity contribution in [2.24, 2.45) is 0 Å². The smallest absolute Gasteiger partial charge is 0.323 e. The maximum absolute atomic E-state index is 12.8. The summed E-state index contributed by atoms with van der Waals surface area (Å²) in [6.45, 7) is 7.71. The molecule has 0 unspecified atom stereocenters. The van der Waals surface area contributed by atoms with E-state index in [1.54, 1.807) is 18.5 Å². The van der Waals surface area contributed by atoms with Crippen molar-refractivity contribution in [2.75, 3.05) is 54.9 Å². The van der Waals surface area contributed by atoms with E-state index in [-0.39, 0.29) is 6.03 Å². The van der Waals surface area contributed by atoms with Gasteiger partial charge in [0.2, 0.25) is 0 Å². The van der Waals surface area contributed by atoms with Gasteiger partial charge in [-0.2, -0.15) is 0 Å². The molecule has 1 aromatic heterocycles. The number of nitrogens with one attached hydrogen (secondary N) is 2. The topological polar surface area (TPSA) is 82.6 Å². The molecule has 1 fully saturated rings. The quantitative estimate of drug-likeness (QED) is 0.179. The number of benzene rings is 3. The van der Waals surface area contributed by atoms with E-state index in [1.807, 2.05) is 49.4 Å². The van der Waals surface area contributed by atoms with Crippen LogP contribution >= 0.6 is 11.8 Å². The molecule has 2 heterocycles. The normalized spacial score (nSPS) is 13.6. The van der Waals surface area contributed by atoms with E-state index in [2.05, 4.69) is 60.7 Å². The number of anilines is 3. The first-order valence-electron chi connectivity index (χ1n) is 13.5. The zero-order valence-corrected chi connectivity index (χ0v) is 23.4. The van der Waals surface area contributed by atoms with E-state index in [0.29, 0.717) is 28.9 Å². The summed E-state index contributed by atoms with van der Waals surface area (Å²) in [5, 5.41) is 6.56. The Morgan fingerprint density at radius 1 is 0.875 bits per heavy atom. The number of hydrogen-bond donors (Lipinski definition) is 2. The summed E-state index contributed by atoms with van der Waals surface area (Å²) < 4.78 is 6.13. The van der Waals surface area contributed by atoms with E-state index in [0.717, 1.165) is 49.6 Å². The molecule has 1 aliphatic heterocycles. The first-order chi connectivity index (χ1) is 19.6. The van der Waals surface area contributed by atoms with Crippen molar-refractivity contribution in [3.8, 4) is 5.75 Å². The third-order valence-corrected chi connectivity index (χ3v) is 7.61. The van der Waals surface area contributed by atoms with Gasteiger partial charge >= 0.3 is 6.03 Å². The minimum absolute atomic E-state index is 0.317. The van der Waals surface area contributed by atoms with E-state index < -0.39 is 0 Å². The summed E-state index contributed by atoms with van der Waals surface area (Å²) in [6, 6.07) is 25.5. The molecule has 1 aliphatic rings. The van der Waals surface area contributed by atoms with Crippen LogP contribution in [0.2, 0.25) is 0 Å². The average Bonchev–Trinajstić information content (AvgIpc) is 2.99. The number of amides is 2. The molecule has 0 aliphatic carbocycles. The predicted octanol–water partition coefficient (Wildman–Crippen LogP) is 6.17.